The van der Waals surface area contributed by atoms with Crippen molar-refractivity contribution in [1.82, 2.24) is 0 Å². The lowest BCUT2D eigenvalue weighted by Crippen LogP contribution is -2.30. The molecule has 0 saturated heterocycles. The number of aliphatic imine (C=N–C) groups is 1. The van der Waals surface area contributed by atoms with Crippen molar-refractivity contribution in [2.45, 2.75) is 86.2 Å². The fourth-order valence-electron chi connectivity index (χ4n) is 4.08. The van der Waals surface area contributed by atoms with E-state index in [0.29, 0.717) is 11.1 Å². The summed E-state index contributed by atoms with van der Waals surface area (Å²) in [7, 11) is -0.544. The van der Waals surface area contributed by atoms with Gasteiger partial charge in [0.05, 0.1) is 12.2 Å². The second-order valence-electron chi connectivity index (χ2n) is 9.54. The molecule has 3 aromatic rings. The van der Waals surface area contributed by atoms with Crippen LogP contribution in [-0.4, -0.2) is 24.7 Å². The van der Waals surface area contributed by atoms with E-state index in [-0.39, 0.29) is 0 Å². The maximum Gasteiger partial charge on any atom is 0.191 e. The molecule has 0 aromatic heterocycles. The van der Waals surface area contributed by atoms with Gasteiger partial charge < -0.3 is 4.74 Å². The average Bonchev–Trinajstić information content (AvgIpc) is 3.53. The lowest BCUT2D eigenvalue weighted by Gasteiger charge is -2.33. The van der Waals surface area contributed by atoms with E-state index in [9.17, 15) is 0 Å². The molecule has 0 aliphatic carbocycles. The first-order valence-corrected chi connectivity index (χ1v) is 16.1. The molecule has 0 radical (unpaired) electrons. The van der Waals surface area contributed by atoms with Crippen LogP contribution in [0.3, 0.4) is 0 Å². The molecule has 0 spiro atoms. The normalized spacial score (nSPS) is 12.9. The van der Waals surface area contributed by atoms with Crippen molar-refractivity contribution in [2.75, 3.05) is 13.2 Å². The van der Waals surface area contributed by atoms with Crippen LogP contribution in [0, 0.1) is 5.41 Å². The molecular weight excluding hydrogens is 481 g/mol. The first-order chi connectivity index (χ1) is 18.6. The van der Waals surface area contributed by atoms with Gasteiger partial charge in [-0.05, 0) is 36.8 Å². The summed E-state index contributed by atoms with van der Waals surface area (Å²) < 4.78 is 6.04. The molecule has 0 N–H and O–H groups in total. The van der Waals surface area contributed by atoms with Gasteiger partial charge in [-0.2, -0.15) is 0 Å². The van der Waals surface area contributed by atoms with E-state index in [1.807, 2.05) is 50.2 Å². The van der Waals surface area contributed by atoms with Gasteiger partial charge in [0, 0.05) is 0 Å². The predicted octanol–water partition coefficient (Wildman–Crippen LogP) is 9.65. The molecule has 4 rings (SSSR count). The lowest BCUT2D eigenvalue weighted by molar-refractivity contribution is 0.264. The largest absolute Gasteiger partial charge is 0.479 e. The summed E-state index contributed by atoms with van der Waals surface area (Å²) in [5.74, 6) is 0.989. The van der Waals surface area contributed by atoms with Gasteiger partial charge in [0.15, 0.2) is 5.90 Å². The molecule has 0 saturated carbocycles. The van der Waals surface area contributed by atoms with Crippen LogP contribution in [0.25, 0.3) is 0 Å². The van der Waals surface area contributed by atoms with E-state index < -0.39 is 7.92 Å². The third-order valence-electron chi connectivity index (χ3n) is 6.67. The van der Waals surface area contributed by atoms with Gasteiger partial charge in [-0.3, -0.25) is 4.99 Å². The van der Waals surface area contributed by atoms with Crippen molar-refractivity contribution in [3.05, 3.63) is 97.1 Å². The predicted molar refractivity (Wildman–Crippen MR) is 173 cm³/mol. The molecule has 1 aliphatic rings. The Kier molecular flexibility index (Phi) is 18.1. The molecule has 38 heavy (non-hydrogen) atoms. The van der Waals surface area contributed by atoms with Crippen LogP contribution in [0.1, 0.15) is 80.6 Å². The van der Waals surface area contributed by atoms with Crippen molar-refractivity contribution >= 4 is 24.4 Å². The van der Waals surface area contributed by atoms with E-state index in [1.165, 1.54) is 36.3 Å². The van der Waals surface area contributed by atoms with Crippen molar-refractivity contribution in [1.29, 1.82) is 0 Å². The zero-order valence-electron chi connectivity index (χ0n) is 25.1. The molecule has 0 fully saturated rings. The number of nitrogens with zero attached hydrogens (tertiary/aromatic N) is 1. The number of hydrogen-bond donors (Lipinski definition) is 0. The molecular formula is C35H52NOP. The van der Waals surface area contributed by atoms with E-state index >= 15 is 0 Å². The van der Waals surface area contributed by atoms with Gasteiger partial charge in [-0.1, -0.05) is 165 Å². The van der Waals surface area contributed by atoms with Gasteiger partial charge in [0.1, 0.15) is 6.61 Å². The number of rotatable bonds is 9. The summed E-state index contributed by atoms with van der Waals surface area (Å²) in [5.41, 5.74) is 0.746. The highest BCUT2D eigenvalue weighted by Gasteiger charge is 2.33. The van der Waals surface area contributed by atoms with Gasteiger partial charge in [-0.15, -0.1) is 0 Å². The Hall–Kier alpha value is -2.44. The minimum absolute atomic E-state index is 0.352. The van der Waals surface area contributed by atoms with Crippen LogP contribution in [-0.2, 0) is 4.74 Å². The van der Waals surface area contributed by atoms with Gasteiger partial charge >= 0.3 is 0 Å². The summed E-state index contributed by atoms with van der Waals surface area (Å²) >= 11 is 0. The monoisotopic (exact) mass is 533 g/mol. The molecule has 1 heterocycles. The molecule has 1 atom stereocenters. The summed E-state index contributed by atoms with van der Waals surface area (Å²) in [6.07, 6.45) is 6.04. The maximum atomic E-state index is 6.04. The fraction of sp³-hybridized carbons (Fsp3) is 0.457. The van der Waals surface area contributed by atoms with Crippen molar-refractivity contribution in [3.8, 4) is 0 Å². The quantitative estimate of drug-likeness (QED) is 0.251. The Morgan fingerprint density at radius 3 is 1.47 bits per heavy atom. The topological polar surface area (TPSA) is 21.6 Å². The van der Waals surface area contributed by atoms with E-state index in [2.05, 4.69) is 95.3 Å². The summed E-state index contributed by atoms with van der Waals surface area (Å²) in [6.45, 7) is 16.8. The highest BCUT2D eigenvalue weighted by molar-refractivity contribution is 7.74. The zero-order valence-corrected chi connectivity index (χ0v) is 26.0. The third-order valence-corrected chi connectivity index (χ3v) is 9.48. The van der Waals surface area contributed by atoms with Crippen LogP contribution in [0.5, 0.6) is 0 Å². The second-order valence-corrected chi connectivity index (χ2v) is 11.9. The van der Waals surface area contributed by atoms with E-state index in [4.69, 9.17) is 9.73 Å². The SMILES string of the molecule is CC.CCC.CCC(C)(CC)CCC(C1=NCCO1)P(c1ccccc1)c1ccccc1.c1ccccc1. The molecule has 3 aromatic carbocycles. The minimum Gasteiger partial charge on any atom is -0.479 e. The summed E-state index contributed by atoms with van der Waals surface area (Å²) in [4.78, 5) is 4.77. The molecule has 3 heteroatoms. The van der Waals surface area contributed by atoms with Gasteiger partial charge in [-0.25, -0.2) is 0 Å². The Bertz CT molecular complexity index is 889. The Labute approximate surface area is 235 Å². The van der Waals surface area contributed by atoms with Crippen LogP contribution in [0.4, 0.5) is 0 Å². The van der Waals surface area contributed by atoms with Gasteiger partial charge in [0.2, 0.25) is 0 Å². The first kappa shape index (κ1) is 33.6. The minimum atomic E-state index is -0.544. The smallest absolute Gasteiger partial charge is 0.191 e. The fourth-order valence-corrected chi connectivity index (χ4v) is 6.85. The van der Waals surface area contributed by atoms with Crippen molar-refractivity contribution < 1.29 is 4.74 Å². The molecule has 1 aliphatic heterocycles. The van der Waals surface area contributed by atoms with Crippen molar-refractivity contribution in [3.63, 3.8) is 0 Å². The molecule has 2 nitrogen and oxygen atoms in total. The second kappa shape index (κ2) is 20.5. The zero-order chi connectivity index (χ0) is 28.1. The number of ether oxygens (including phenoxy) is 1. The van der Waals surface area contributed by atoms with Crippen molar-refractivity contribution in [2.24, 2.45) is 10.4 Å². The molecule has 0 amide bonds. The summed E-state index contributed by atoms with van der Waals surface area (Å²) in [5, 5.41) is 2.83. The van der Waals surface area contributed by atoms with E-state index in [0.717, 1.165) is 25.5 Å². The number of benzene rings is 3. The summed E-state index contributed by atoms with van der Waals surface area (Å²) in [6, 6.07) is 33.9. The van der Waals surface area contributed by atoms with Crippen LogP contribution < -0.4 is 10.6 Å². The third kappa shape index (κ3) is 12.0. The highest BCUT2D eigenvalue weighted by atomic mass is 31.1. The molecule has 1 unspecified atom stereocenters. The lowest BCUT2D eigenvalue weighted by atomic mass is 9.80. The van der Waals surface area contributed by atoms with Gasteiger partial charge in [0.25, 0.3) is 0 Å². The van der Waals surface area contributed by atoms with Crippen LogP contribution in [0.2, 0.25) is 0 Å². The van der Waals surface area contributed by atoms with Crippen LogP contribution in [0.15, 0.2) is 102 Å². The maximum absolute atomic E-state index is 6.04. The molecule has 208 valence electrons. The first-order valence-electron chi connectivity index (χ1n) is 14.6. The number of hydrogen-bond acceptors (Lipinski definition) is 2. The Balaban J connectivity index is 0.000000553. The average molecular weight is 534 g/mol. The standard InChI is InChI=1S/C24H32NOP.C6H6.C3H8.C2H6/c1-4-24(3,5-2)17-16-22(23-25-18-19-26-23)27(20-12-8-6-9-13-20)21-14-10-7-11-15-21;1-2-4-6-5-3-1;1-3-2;1-2/h6-15,22H,4-5,16-19H2,1-3H3;1-6H;3H2,1-2H3;1-2H3. The molecule has 0 bridgehead atoms. The Morgan fingerprint density at radius 2 is 1.13 bits per heavy atom. The van der Waals surface area contributed by atoms with E-state index in [1.54, 1.807) is 0 Å². The van der Waals surface area contributed by atoms with Crippen LogP contribution >= 0.6 is 7.92 Å². The highest BCUT2D eigenvalue weighted by Crippen LogP contribution is 2.45. The Morgan fingerprint density at radius 1 is 0.737 bits per heavy atom.